The maximum absolute atomic E-state index is 11.8. The molecule has 2 aromatic heterocycles. The summed E-state index contributed by atoms with van der Waals surface area (Å²) in [6.07, 6.45) is 1.64. The Morgan fingerprint density at radius 2 is 2.00 bits per heavy atom. The maximum Gasteiger partial charge on any atom is 0.271 e. The minimum absolute atomic E-state index is 0.115. The number of benzene rings is 1. The van der Waals surface area contributed by atoms with Gasteiger partial charge >= 0.3 is 0 Å². The molecule has 0 unspecified atom stereocenters. The van der Waals surface area contributed by atoms with Gasteiger partial charge in [-0.2, -0.15) is 5.10 Å². The fourth-order valence-electron chi connectivity index (χ4n) is 2.05. The minimum atomic E-state index is -0.115. The van der Waals surface area contributed by atoms with Crippen LogP contribution in [0.4, 0.5) is 11.4 Å². The minimum Gasteiger partial charge on any atom is -0.354 e. The van der Waals surface area contributed by atoms with Gasteiger partial charge in [-0.15, -0.1) is 5.10 Å². The van der Waals surface area contributed by atoms with E-state index >= 15 is 0 Å². The average molecular weight is 270 g/mol. The van der Waals surface area contributed by atoms with Gasteiger partial charge in [0.05, 0.1) is 17.4 Å². The zero-order valence-electron chi connectivity index (χ0n) is 11.5. The SMILES string of the molecule is Cc1c(Nc2ccc3c(c2)nnn3C)cnn(C)c1=O. The van der Waals surface area contributed by atoms with Crippen LogP contribution in [0.2, 0.25) is 0 Å². The Balaban J connectivity index is 2.01. The molecule has 0 aliphatic heterocycles. The van der Waals surface area contributed by atoms with Gasteiger partial charge < -0.3 is 5.32 Å². The Bertz CT molecular complexity index is 848. The van der Waals surface area contributed by atoms with Gasteiger partial charge in [-0.05, 0) is 25.1 Å². The predicted molar refractivity (Wildman–Crippen MR) is 76.0 cm³/mol. The van der Waals surface area contributed by atoms with Crippen LogP contribution in [-0.4, -0.2) is 24.8 Å². The quantitative estimate of drug-likeness (QED) is 0.755. The number of aromatic nitrogens is 5. The standard InChI is InChI=1S/C13H14N6O/c1-8-11(7-14-19(3)13(8)20)15-9-4-5-12-10(6-9)16-17-18(12)2/h4-7,15H,1-3H3. The smallest absolute Gasteiger partial charge is 0.271 e. The maximum atomic E-state index is 11.8. The fourth-order valence-corrected chi connectivity index (χ4v) is 2.05. The molecule has 3 rings (SSSR count). The second-order valence-electron chi connectivity index (χ2n) is 4.65. The van der Waals surface area contributed by atoms with Crippen molar-refractivity contribution in [2.24, 2.45) is 14.1 Å². The summed E-state index contributed by atoms with van der Waals surface area (Å²) in [5, 5.41) is 15.2. The third kappa shape index (κ3) is 1.93. The molecule has 0 aliphatic rings. The highest BCUT2D eigenvalue weighted by Gasteiger charge is 2.07. The molecule has 0 amide bonds. The molecular weight excluding hydrogens is 256 g/mol. The van der Waals surface area contributed by atoms with Crippen molar-refractivity contribution in [3.63, 3.8) is 0 Å². The third-order valence-electron chi connectivity index (χ3n) is 3.27. The molecule has 0 saturated heterocycles. The average Bonchev–Trinajstić information content (AvgIpc) is 2.81. The Morgan fingerprint density at radius 1 is 1.20 bits per heavy atom. The van der Waals surface area contributed by atoms with Crippen LogP contribution in [0.5, 0.6) is 0 Å². The lowest BCUT2D eigenvalue weighted by Crippen LogP contribution is -2.22. The lowest BCUT2D eigenvalue weighted by molar-refractivity contribution is 0.702. The van der Waals surface area contributed by atoms with Crippen molar-refractivity contribution in [2.45, 2.75) is 6.92 Å². The zero-order chi connectivity index (χ0) is 14.3. The molecule has 102 valence electrons. The van der Waals surface area contributed by atoms with Gasteiger partial charge in [0.1, 0.15) is 5.52 Å². The molecule has 0 radical (unpaired) electrons. The number of hydrogen-bond acceptors (Lipinski definition) is 5. The first-order valence-electron chi connectivity index (χ1n) is 6.15. The molecule has 1 N–H and O–H groups in total. The third-order valence-corrected chi connectivity index (χ3v) is 3.27. The lowest BCUT2D eigenvalue weighted by Gasteiger charge is -2.09. The summed E-state index contributed by atoms with van der Waals surface area (Å²) in [6.45, 7) is 1.77. The van der Waals surface area contributed by atoms with E-state index in [0.29, 0.717) is 11.3 Å². The lowest BCUT2D eigenvalue weighted by atomic mass is 10.2. The second kappa shape index (κ2) is 4.44. The van der Waals surface area contributed by atoms with Crippen molar-refractivity contribution in [1.29, 1.82) is 0 Å². The van der Waals surface area contributed by atoms with Crippen LogP contribution in [0.15, 0.2) is 29.2 Å². The van der Waals surface area contributed by atoms with Crippen molar-refractivity contribution in [3.8, 4) is 0 Å². The summed E-state index contributed by atoms with van der Waals surface area (Å²) in [5.74, 6) is 0. The number of aryl methyl sites for hydroxylation is 2. The molecule has 0 saturated carbocycles. The molecule has 0 bridgehead atoms. The van der Waals surface area contributed by atoms with E-state index in [9.17, 15) is 4.79 Å². The first kappa shape index (κ1) is 12.3. The van der Waals surface area contributed by atoms with Crippen molar-refractivity contribution in [3.05, 3.63) is 40.3 Å². The molecule has 1 aromatic carbocycles. The highest BCUT2D eigenvalue weighted by atomic mass is 16.1. The van der Waals surface area contributed by atoms with Gasteiger partial charge in [-0.1, -0.05) is 5.21 Å². The van der Waals surface area contributed by atoms with Crippen LogP contribution in [0.25, 0.3) is 11.0 Å². The van der Waals surface area contributed by atoms with Crippen LogP contribution in [0.3, 0.4) is 0 Å². The normalized spacial score (nSPS) is 10.9. The molecule has 2 heterocycles. The van der Waals surface area contributed by atoms with Crippen LogP contribution in [-0.2, 0) is 14.1 Å². The summed E-state index contributed by atoms with van der Waals surface area (Å²) in [4.78, 5) is 11.8. The van der Waals surface area contributed by atoms with Gasteiger partial charge in [0.15, 0.2) is 0 Å². The molecule has 7 heteroatoms. The topological polar surface area (TPSA) is 77.6 Å². The molecule has 0 fully saturated rings. The number of fused-ring (bicyclic) bond motifs is 1. The Kier molecular flexibility index (Phi) is 2.74. The van der Waals surface area contributed by atoms with Crippen LogP contribution in [0, 0.1) is 6.92 Å². The van der Waals surface area contributed by atoms with E-state index in [1.165, 1.54) is 4.68 Å². The molecule has 3 aromatic rings. The Hall–Kier alpha value is -2.70. The van der Waals surface area contributed by atoms with Crippen LogP contribution < -0.4 is 10.9 Å². The summed E-state index contributed by atoms with van der Waals surface area (Å²) < 4.78 is 3.02. The summed E-state index contributed by atoms with van der Waals surface area (Å²) in [6, 6.07) is 5.74. The summed E-state index contributed by atoms with van der Waals surface area (Å²) in [5.41, 5.74) is 3.80. The van der Waals surface area contributed by atoms with Crippen LogP contribution in [0.1, 0.15) is 5.56 Å². The number of anilines is 2. The van der Waals surface area contributed by atoms with Gasteiger partial charge in [-0.25, -0.2) is 9.36 Å². The molecule has 0 aliphatic carbocycles. The van der Waals surface area contributed by atoms with E-state index in [2.05, 4.69) is 20.7 Å². The van der Waals surface area contributed by atoms with Crippen molar-refractivity contribution >= 4 is 22.4 Å². The van der Waals surface area contributed by atoms with Crippen molar-refractivity contribution in [1.82, 2.24) is 24.8 Å². The van der Waals surface area contributed by atoms with E-state index in [-0.39, 0.29) is 5.56 Å². The van der Waals surface area contributed by atoms with Gasteiger partial charge in [0.25, 0.3) is 5.56 Å². The zero-order valence-corrected chi connectivity index (χ0v) is 11.5. The molecule has 7 nitrogen and oxygen atoms in total. The highest BCUT2D eigenvalue weighted by Crippen LogP contribution is 2.21. The molecular formula is C13H14N6O. The van der Waals surface area contributed by atoms with E-state index in [4.69, 9.17) is 0 Å². The van der Waals surface area contributed by atoms with E-state index < -0.39 is 0 Å². The summed E-state index contributed by atoms with van der Waals surface area (Å²) >= 11 is 0. The monoisotopic (exact) mass is 270 g/mol. The van der Waals surface area contributed by atoms with Gasteiger partial charge in [0.2, 0.25) is 0 Å². The fraction of sp³-hybridized carbons (Fsp3) is 0.231. The second-order valence-corrected chi connectivity index (χ2v) is 4.65. The molecule has 20 heavy (non-hydrogen) atoms. The Morgan fingerprint density at radius 3 is 2.80 bits per heavy atom. The summed E-state index contributed by atoms with van der Waals surface area (Å²) in [7, 11) is 3.47. The van der Waals surface area contributed by atoms with E-state index in [1.807, 2.05) is 25.2 Å². The first-order valence-corrected chi connectivity index (χ1v) is 6.15. The van der Waals surface area contributed by atoms with Gasteiger partial charge in [0, 0.05) is 25.3 Å². The number of hydrogen-bond donors (Lipinski definition) is 1. The number of nitrogens with zero attached hydrogens (tertiary/aromatic N) is 5. The Labute approximate surface area is 114 Å². The van der Waals surface area contributed by atoms with Crippen molar-refractivity contribution in [2.75, 3.05) is 5.32 Å². The first-order chi connectivity index (χ1) is 9.56. The number of rotatable bonds is 2. The molecule has 0 spiro atoms. The van der Waals surface area contributed by atoms with E-state index in [1.54, 1.807) is 24.9 Å². The number of nitrogens with one attached hydrogen (secondary N) is 1. The van der Waals surface area contributed by atoms with Crippen molar-refractivity contribution < 1.29 is 0 Å². The van der Waals surface area contributed by atoms with E-state index in [0.717, 1.165) is 16.7 Å². The molecule has 0 atom stereocenters. The van der Waals surface area contributed by atoms with Crippen LogP contribution >= 0.6 is 0 Å². The van der Waals surface area contributed by atoms with Gasteiger partial charge in [-0.3, -0.25) is 4.79 Å². The predicted octanol–water partition coefficient (Wildman–Crippen LogP) is 1.11. The highest BCUT2D eigenvalue weighted by molar-refractivity contribution is 5.80. The largest absolute Gasteiger partial charge is 0.354 e.